The molecule has 0 bridgehead atoms. The number of imidazole rings is 1. The summed E-state index contributed by atoms with van der Waals surface area (Å²) in [6.07, 6.45) is 4.65. The summed E-state index contributed by atoms with van der Waals surface area (Å²) in [4.78, 5) is 10.5. The minimum absolute atomic E-state index is 0.0646. The molecule has 5 rings (SSSR count). The molecule has 2 aromatic heterocycles. The van der Waals surface area contributed by atoms with Gasteiger partial charge in [-0.3, -0.25) is 5.43 Å². The van der Waals surface area contributed by atoms with Crippen LogP contribution < -0.4 is 10.3 Å². The minimum Gasteiger partial charge on any atom is -0.351 e. The molecular weight excluding hydrogens is 362 g/mol. The number of nitrogens with one attached hydrogen (secondary N) is 1. The number of hydrogen-bond acceptors (Lipinski definition) is 5. The first-order valence-electron chi connectivity index (χ1n) is 9.29. The molecule has 2 aliphatic heterocycles. The van der Waals surface area contributed by atoms with E-state index in [1.165, 1.54) is 6.08 Å². The van der Waals surface area contributed by atoms with E-state index >= 15 is 0 Å². The molecule has 28 heavy (non-hydrogen) atoms. The molecule has 4 heterocycles. The number of pyridine rings is 1. The molecule has 2 aromatic rings. The number of nitrogens with zero attached hydrogens (tertiary/aromatic N) is 5. The molecule has 3 aliphatic rings. The van der Waals surface area contributed by atoms with Crippen LogP contribution in [0, 0.1) is 12.8 Å². The monoisotopic (exact) mass is 382 g/mol. The number of rotatable bonds is 3. The SMILES string of the molecule is Cc1ncc(C2=C(F)C=C3NN=C(c4ccnc(N5CC(F)C5)c4)C3C2)n1C. The van der Waals surface area contributed by atoms with Crippen molar-refractivity contribution in [3.05, 3.63) is 59.2 Å². The molecule has 0 saturated carbocycles. The van der Waals surface area contributed by atoms with Gasteiger partial charge in [0.25, 0.3) is 0 Å². The molecule has 1 N–H and O–H groups in total. The van der Waals surface area contributed by atoms with E-state index in [4.69, 9.17) is 0 Å². The lowest BCUT2D eigenvalue weighted by molar-refractivity contribution is 0.273. The Morgan fingerprint density at radius 2 is 2.07 bits per heavy atom. The topological polar surface area (TPSA) is 58.3 Å². The maximum absolute atomic E-state index is 14.8. The third-order valence-electron chi connectivity index (χ3n) is 5.72. The predicted molar refractivity (Wildman–Crippen MR) is 103 cm³/mol. The number of anilines is 1. The van der Waals surface area contributed by atoms with Gasteiger partial charge in [0.2, 0.25) is 0 Å². The second-order valence-electron chi connectivity index (χ2n) is 7.45. The van der Waals surface area contributed by atoms with Gasteiger partial charge in [0.15, 0.2) is 0 Å². The average molecular weight is 382 g/mol. The zero-order valence-corrected chi connectivity index (χ0v) is 15.7. The van der Waals surface area contributed by atoms with Gasteiger partial charge >= 0.3 is 0 Å². The Bertz CT molecular complexity index is 1040. The lowest BCUT2D eigenvalue weighted by Gasteiger charge is -2.35. The highest BCUT2D eigenvalue weighted by atomic mass is 19.1. The largest absolute Gasteiger partial charge is 0.351 e. The van der Waals surface area contributed by atoms with E-state index in [9.17, 15) is 8.78 Å². The van der Waals surface area contributed by atoms with Gasteiger partial charge in [-0.05, 0) is 31.6 Å². The van der Waals surface area contributed by atoms with Gasteiger partial charge < -0.3 is 9.47 Å². The number of hydrogen-bond donors (Lipinski definition) is 1. The van der Waals surface area contributed by atoms with Gasteiger partial charge in [0.05, 0.1) is 30.7 Å². The van der Waals surface area contributed by atoms with Gasteiger partial charge in [0, 0.05) is 36.0 Å². The van der Waals surface area contributed by atoms with E-state index in [1.807, 2.05) is 35.6 Å². The maximum atomic E-state index is 14.8. The van der Waals surface area contributed by atoms with Crippen LogP contribution in [0.2, 0.25) is 0 Å². The molecule has 6 nitrogen and oxygen atoms in total. The number of aromatic nitrogens is 3. The highest BCUT2D eigenvalue weighted by molar-refractivity contribution is 6.06. The van der Waals surface area contributed by atoms with Crippen LogP contribution in [0.25, 0.3) is 5.57 Å². The van der Waals surface area contributed by atoms with E-state index in [1.54, 1.807) is 12.4 Å². The first kappa shape index (κ1) is 17.1. The highest BCUT2D eigenvalue weighted by Gasteiger charge is 2.35. The Morgan fingerprint density at radius 1 is 1.25 bits per heavy atom. The average Bonchev–Trinajstić information content (AvgIpc) is 3.22. The Hall–Kier alpha value is -3.03. The summed E-state index contributed by atoms with van der Waals surface area (Å²) in [6, 6.07) is 3.82. The van der Waals surface area contributed by atoms with Crippen LogP contribution in [0.5, 0.6) is 0 Å². The van der Waals surface area contributed by atoms with Gasteiger partial charge in [-0.1, -0.05) is 0 Å². The molecule has 1 saturated heterocycles. The summed E-state index contributed by atoms with van der Waals surface area (Å²) in [5, 5.41) is 4.46. The summed E-state index contributed by atoms with van der Waals surface area (Å²) < 4.78 is 29.9. The summed E-state index contributed by atoms with van der Waals surface area (Å²) in [6.45, 7) is 2.63. The molecule has 144 valence electrons. The van der Waals surface area contributed by atoms with Crippen LogP contribution >= 0.6 is 0 Å². The summed E-state index contributed by atoms with van der Waals surface area (Å²) in [7, 11) is 1.89. The Balaban J connectivity index is 1.45. The third-order valence-corrected chi connectivity index (χ3v) is 5.72. The molecule has 0 aromatic carbocycles. The molecule has 1 aliphatic carbocycles. The van der Waals surface area contributed by atoms with E-state index < -0.39 is 6.17 Å². The van der Waals surface area contributed by atoms with Crippen molar-refractivity contribution in [2.24, 2.45) is 18.1 Å². The van der Waals surface area contributed by atoms with E-state index in [0.717, 1.165) is 34.3 Å². The second-order valence-corrected chi connectivity index (χ2v) is 7.45. The number of alkyl halides is 1. The predicted octanol–water partition coefficient (Wildman–Crippen LogP) is 2.87. The Morgan fingerprint density at radius 3 is 2.79 bits per heavy atom. The summed E-state index contributed by atoms with van der Waals surface area (Å²) in [5.41, 5.74) is 6.89. The summed E-state index contributed by atoms with van der Waals surface area (Å²) >= 11 is 0. The standard InChI is InChI=1S/C20H20F2N6/c1-11-24-8-18(27(11)2)14-6-15-17(7-16(14)22)25-26-20(15)12-3-4-23-19(5-12)28-9-13(21)10-28/h3-5,7-8,13,15,25H,6,9-10H2,1-2H3. The number of halogens is 2. The van der Waals surface area contributed by atoms with Crippen LogP contribution in [0.4, 0.5) is 14.6 Å². The molecule has 1 fully saturated rings. The van der Waals surface area contributed by atoms with Crippen molar-refractivity contribution in [2.45, 2.75) is 19.5 Å². The Labute approximate surface area is 161 Å². The lowest BCUT2D eigenvalue weighted by atomic mass is 9.84. The number of hydrazone groups is 1. The Kier molecular flexibility index (Phi) is 3.82. The zero-order valence-electron chi connectivity index (χ0n) is 15.7. The lowest BCUT2D eigenvalue weighted by Crippen LogP contribution is -2.48. The third kappa shape index (κ3) is 2.63. The van der Waals surface area contributed by atoms with Crippen molar-refractivity contribution < 1.29 is 8.78 Å². The van der Waals surface area contributed by atoms with Gasteiger partial charge in [0.1, 0.15) is 23.6 Å². The van der Waals surface area contributed by atoms with Crippen molar-refractivity contribution >= 4 is 17.1 Å². The fourth-order valence-corrected chi connectivity index (χ4v) is 3.93. The second kappa shape index (κ2) is 6.25. The molecule has 1 atom stereocenters. The van der Waals surface area contributed by atoms with Crippen LogP contribution in [-0.4, -0.2) is 39.5 Å². The van der Waals surface area contributed by atoms with Crippen molar-refractivity contribution in [1.82, 2.24) is 20.0 Å². The van der Waals surface area contributed by atoms with Crippen molar-refractivity contribution in [3.63, 3.8) is 0 Å². The van der Waals surface area contributed by atoms with Crippen LogP contribution in [0.1, 0.15) is 23.5 Å². The van der Waals surface area contributed by atoms with E-state index in [0.29, 0.717) is 25.1 Å². The van der Waals surface area contributed by atoms with Gasteiger partial charge in [-0.15, -0.1) is 0 Å². The van der Waals surface area contributed by atoms with E-state index in [-0.39, 0.29) is 11.7 Å². The summed E-state index contributed by atoms with van der Waals surface area (Å²) in [5.74, 6) is 1.25. The molecular formula is C20H20F2N6. The smallest absolute Gasteiger partial charge is 0.135 e. The maximum Gasteiger partial charge on any atom is 0.135 e. The van der Waals surface area contributed by atoms with E-state index in [2.05, 4.69) is 20.5 Å². The quantitative estimate of drug-likeness (QED) is 0.887. The molecule has 0 radical (unpaired) electrons. The van der Waals surface area contributed by atoms with Crippen molar-refractivity contribution in [3.8, 4) is 0 Å². The normalized spacial score (nSPS) is 21.9. The number of fused-ring (bicyclic) bond motifs is 1. The first-order chi connectivity index (χ1) is 13.5. The van der Waals surface area contributed by atoms with Crippen molar-refractivity contribution in [1.29, 1.82) is 0 Å². The van der Waals surface area contributed by atoms with Gasteiger partial charge in [-0.2, -0.15) is 5.10 Å². The minimum atomic E-state index is -0.790. The number of aryl methyl sites for hydroxylation is 1. The van der Waals surface area contributed by atoms with Gasteiger partial charge in [-0.25, -0.2) is 18.7 Å². The van der Waals surface area contributed by atoms with Crippen LogP contribution in [0.15, 0.2) is 47.2 Å². The highest BCUT2D eigenvalue weighted by Crippen LogP contribution is 2.39. The molecule has 8 heteroatoms. The fraction of sp³-hybridized carbons (Fsp3) is 0.350. The molecule has 1 unspecified atom stereocenters. The van der Waals surface area contributed by atoms with Crippen LogP contribution in [-0.2, 0) is 7.05 Å². The molecule has 0 spiro atoms. The van der Waals surface area contributed by atoms with Crippen LogP contribution in [0.3, 0.4) is 0 Å². The first-order valence-corrected chi connectivity index (χ1v) is 9.29. The van der Waals surface area contributed by atoms with Crippen molar-refractivity contribution in [2.75, 3.05) is 18.0 Å². The molecule has 0 amide bonds. The number of allylic oxidation sites excluding steroid dienone is 4. The zero-order chi connectivity index (χ0) is 19.4. The fourth-order valence-electron chi connectivity index (χ4n) is 3.93.